The van der Waals surface area contributed by atoms with Crippen molar-refractivity contribution in [3.63, 3.8) is 0 Å². The topological polar surface area (TPSA) is 58.4 Å². The molecule has 0 aliphatic rings. The number of hydrogen-bond acceptors (Lipinski definition) is 6. The van der Waals surface area contributed by atoms with E-state index in [4.69, 9.17) is 30.8 Å². The van der Waals surface area contributed by atoms with Crippen molar-refractivity contribution in [2.24, 2.45) is 0 Å². The lowest BCUT2D eigenvalue weighted by atomic mass is 10.2. The summed E-state index contributed by atoms with van der Waals surface area (Å²) in [5.74, 6) is 2.57. The summed E-state index contributed by atoms with van der Waals surface area (Å²) in [5, 5.41) is 7.16. The average molecular weight is 394 g/mol. The summed E-state index contributed by atoms with van der Waals surface area (Å²) in [7, 11) is 4.83. The summed E-state index contributed by atoms with van der Waals surface area (Å²) in [4.78, 5) is 5.93. The summed E-state index contributed by atoms with van der Waals surface area (Å²) in [6.45, 7) is 1.09. The van der Waals surface area contributed by atoms with Crippen LogP contribution in [0.15, 0.2) is 29.6 Å². The number of benzene rings is 1. The van der Waals surface area contributed by atoms with Gasteiger partial charge in [0.25, 0.3) is 0 Å². The minimum absolute atomic E-state index is 0.474. The Morgan fingerprint density at radius 3 is 2.69 bits per heavy atom. The van der Waals surface area contributed by atoms with Gasteiger partial charge in [-0.1, -0.05) is 17.7 Å². The second kappa shape index (κ2) is 8.53. The first-order chi connectivity index (χ1) is 12.7. The van der Waals surface area contributed by atoms with E-state index in [1.54, 1.807) is 38.7 Å². The fourth-order valence-corrected chi connectivity index (χ4v) is 3.54. The normalized spacial score (nSPS) is 10.9. The molecule has 6 nitrogen and oxygen atoms in total. The van der Waals surface area contributed by atoms with E-state index >= 15 is 0 Å². The zero-order valence-corrected chi connectivity index (χ0v) is 16.4. The van der Waals surface area contributed by atoms with E-state index in [1.165, 1.54) is 4.88 Å². The van der Waals surface area contributed by atoms with Crippen LogP contribution in [0.3, 0.4) is 0 Å². The van der Waals surface area contributed by atoms with Crippen molar-refractivity contribution < 1.29 is 14.2 Å². The first kappa shape index (κ1) is 18.7. The Kier molecular flexibility index (Phi) is 6.13. The maximum atomic E-state index is 6.54. The monoisotopic (exact) mass is 393 g/mol. The molecule has 1 aromatic carbocycles. The highest BCUT2D eigenvalue weighted by Crippen LogP contribution is 2.38. The molecule has 0 unspecified atom stereocenters. The molecular weight excluding hydrogens is 374 g/mol. The van der Waals surface area contributed by atoms with E-state index in [9.17, 15) is 0 Å². The summed E-state index contributed by atoms with van der Waals surface area (Å²) < 4.78 is 17.8. The average Bonchev–Trinajstić information content (AvgIpc) is 3.30. The Hall–Kier alpha value is -2.09. The van der Waals surface area contributed by atoms with Crippen LogP contribution < -0.4 is 9.47 Å². The third-order valence-electron chi connectivity index (χ3n) is 3.84. The standard InChI is InChI=1S/C18H20ClN3O3S/c1-23-7-6-22-18(20-16(21-22)11-13-5-4-8-26-13)14-9-12(24-2)10-15(25-3)17(14)19/h4-5,8-10H,6-7,11H2,1-3H3. The highest BCUT2D eigenvalue weighted by atomic mass is 35.5. The van der Waals surface area contributed by atoms with Crippen molar-refractivity contribution in [2.75, 3.05) is 27.9 Å². The van der Waals surface area contributed by atoms with Crippen LogP contribution >= 0.6 is 22.9 Å². The van der Waals surface area contributed by atoms with Gasteiger partial charge < -0.3 is 14.2 Å². The van der Waals surface area contributed by atoms with Crippen molar-refractivity contribution in [2.45, 2.75) is 13.0 Å². The van der Waals surface area contributed by atoms with Gasteiger partial charge in [0.05, 0.1) is 32.4 Å². The summed E-state index contributed by atoms with van der Waals surface area (Å²) in [5.41, 5.74) is 0.712. The Balaban J connectivity index is 2.06. The number of nitrogens with zero attached hydrogens (tertiary/aromatic N) is 3. The number of halogens is 1. The largest absolute Gasteiger partial charge is 0.497 e. The summed E-state index contributed by atoms with van der Waals surface area (Å²) in [6, 6.07) is 7.68. The molecule has 0 aliphatic heterocycles. The fourth-order valence-electron chi connectivity index (χ4n) is 2.57. The van der Waals surface area contributed by atoms with Gasteiger partial charge in [-0.05, 0) is 17.5 Å². The number of methoxy groups -OCH3 is 3. The molecule has 0 atom stereocenters. The second-order valence-electron chi connectivity index (χ2n) is 5.51. The van der Waals surface area contributed by atoms with Crippen LogP contribution in [-0.4, -0.2) is 42.7 Å². The van der Waals surface area contributed by atoms with Gasteiger partial charge in [0.1, 0.15) is 11.5 Å². The Morgan fingerprint density at radius 1 is 1.19 bits per heavy atom. The molecule has 0 spiro atoms. The molecule has 0 bridgehead atoms. The van der Waals surface area contributed by atoms with Gasteiger partial charge in [0.2, 0.25) is 0 Å². The quantitative estimate of drug-likeness (QED) is 0.580. The Morgan fingerprint density at radius 2 is 2.04 bits per heavy atom. The second-order valence-corrected chi connectivity index (χ2v) is 6.93. The van der Waals surface area contributed by atoms with E-state index < -0.39 is 0 Å². The summed E-state index contributed by atoms with van der Waals surface area (Å²) in [6.07, 6.45) is 0.670. The lowest BCUT2D eigenvalue weighted by Gasteiger charge is -2.12. The van der Waals surface area contributed by atoms with E-state index in [0.29, 0.717) is 47.5 Å². The molecule has 138 valence electrons. The van der Waals surface area contributed by atoms with Gasteiger partial charge in [0, 0.05) is 30.0 Å². The smallest absolute Gasteiger partial charge is 0.160 e. The maximum absolute atomic E-state index is 6.54. The van der Waals surface area contributed by atoms with Gasteiger partial charge in [-0.15, -0.1) is 11.3 Å². The fraction of sp³-hybridized carbons (Fsp3) is 0.333. The minimum Gasteiger partial charge on any atom is -0.497 e. The molecule has 0 radical (unpaired) electrons. The minimum atomic E-state index is 0.474. The molecule has 2 heterocycles. The molecule has 0 saturated heterocycles. The lowest BCUT2D eigenvalue weighted by Crippen LogP contribution is -2.08. The Bertz CT molecular complexity index is 865. The zero-order valence-electron chi connectivity index (χ0n) is 14.9. The number of thiophene rings is 1. The summed E-state index contributed by atoms with van der Waals surface area (Å²) >= 11 is 8.22. The number of ether oxygens (including phenoxy) is 3. The molecule has 0 amide bonds. The number of rotatable bonds is 8. The first-order valence-electron chi connectivity index (χ1n) is 8.03. The predicted octanol–water partition coefficient (Wildman–Crippen LogP) is 3.91. The van der Waals surface area contributed by atoms with Crippen LogP contribution in [-0.2, 0) is 17.7 Å². The van der Waals surface area contributed by atoms with Crippen LogP contribution in [0.1, 0.15) is 10.7 Å². The number of hydrogen-bond donors (Lipinski definition) is 0. The SMILES string of the molecule is COCCn1nc(Cc2cccs2)nc1-c1cc(OC)cc(OC)c1Cl. The molecular formula is C18H20ClN3O3S. The van der Waals surface area contributed by atoms with Crippen molar-refractivity contribution in [3.05, 3.63) is 45.4 Å². The molecule has 3 rings (SSSR count). The molecule has 8 heteroatoms. The molecule has 0 aliphatic carbocycles. The highest BCUT2D eigenvalue weighted by Gasteiger charge is 2.19. The molecule has 0 fully saturated rings. The van der Waals surface area contributed by atoms with E-state index in [-0.39, 0.29) is 0 Å². The van der Waals surface area contributed by atoms with Crippen molar-refractivity contribution >= 4 is 22.9 Å². The van der Waals surface area contributed by atoms with E-state index in [2.05, 4.69) is 11.2 Å². The first-order valence-corrected chi connectivity index (χ1v) is 9.29. The van der Waals surface area contributed by atoms with Gasteiger partial charge in [-0.25, -0.2) is 9.67 Å². The van der Waals surface area contributed by atoms with Crippen molar-refractivity contribution in [1.82, 2.24) is 14.8 Å². The van der Waals surface area contributed by atoms with Crippen molar-refractivity contribution in [3.8, 4) is 22.9 Å². The molecule has 2 aromatic heterocycles. The van der Waals surface area contributed by atoms with Crippen molar-refractivity contribution in [1.29, 1.82) is 0 Å². The molecule has 26 heavy (non-hydrogen) atoms. The third-order valence-corrected chi connectivity index (χ3v) is 5.11. The van der Waals surface area contributed by atoms with Gasteiger partial charge in [0.15, 0.2) is 11.6 Å². The van der Waals surface area contributed by atoms with E-state index in [0.717, 1.165) is 5.82 Å². The Labute approximate surface area is 161 Å². The highest BCUT2D eigenvalue weighted by molar-refractivity contribution is 7.09. The molecule has 0 N–H and O–H groups in total. The van der Waals surface area contributed by atoms with Gasteiger partial charge in [-0.2, -0.15) is 5.10 Å². The van der Waals surface area contributed by atoms with Crippen LogP contribution in [0, 0.1) is 0 Å². The van der Waals surface area contributed by atoms with Crippen LogP contribution in [0.5, 0.6) is 11.5 Å². The third kappa shape index (κ3) is 4.00. The predicted molar refractivity (Wildman–Crippen MR) is 103 cm³/mol. The number of aromatic nitrogens is 3. The van der Waals surface area contributed by atoms with E-state index in [1.807, 2.05) is 22.2 Å². The molecule has 0 saturated carbocycles. The van der Waals surface area contributed by atoms with Crippen LogP contribution in [0.4, 0.5) is 0 Å². The van der Waals surface area contributed by atoms with Gasteiger partial charge >= 0.3 is 0 Å². The van der Waals surface area contributed by atoms with Crippen LogP contribution in [0.2, 0.25) is 5.02 Å². The van der Waals surface area contributed by atoms with Crippen LogP contribution in [0.25, 0.3) is 11.4 Å². The lowest BCUT2D eigenvalue weighted by molar-refractivity contribution is 0.184. The maximum Gasteiger partial charge on any atom is 0.160 e. The van der Waals surface area contributed by atoms with Gasteiger partial charge in [-0.3, -0.25) is 0 Å². The molecule has 3 aromatic rings. The zero-order chi connectivity index (χ0) is 18.5.